The van der Waals surface area contributed by atoms with Crippen molar-refractivity contribution in [3.8, 4) is 0 Å². The van der Waals surface area contributed by atoms with E-state index in [9.17, 15) is 14.4 Å². The number of hydrogen-bond acceptors (Lipinski definition) is 7. The molecule has 3 aromatic rings. The van der Waals surface area contributed by atoms with Crippen LogP contribution in [0.5, 0.6) is 0 Å². The van der Waals surface area contributed by atoms with Gasteiger partial charge < -0.3 is 18.9 Å². The summed E-state index contributed by atoms with van der Waals surface area (Å²) in [6.45, 7) is 1.77. The summed E-state index contributed by atoms with van der Waals surface area (Å²) in [7, 11) is 0. The zero-order chi connectivity index (χ0) is 23.9. The van der Waals surface area contributed by atoms with Gasteiger partial charge in [0.1, 0.15) is 6.10 Å². The van der Waals surface area contributed by atoms with E-state index in [0.29, 0.717) is 16.7 Å². The van der Waals surface area contributed by atoms with Crippen LogP contribution in [0.4, 0.5) is 0 Å². The summed E-state index contributed by atoms with van der Waals surface area (Å²) in [4.78, 5) is 38.3. The number of esters is 3. The second-order valence-corrected chi connectivity index (χ2v) is 7.87. The van der Waals surface area contributed by atoms with Crippen molar-refractivity contribution in [3.63, 3.8) is 0 Å². The van der Waals surface area contributed by atoms with Crippen molar-refractivity contribution >= 4 is 17.9 Å². The van der Waals surface area contributed by atoms with Gasteiger partial charge in [-0.3, -0.25) is 0 Å². The van der Waals surface area contributed by atoms with Crippen molar-refractivity contribution in [2.45, 2.75) is 37.9 Å². The Morgan fingerprint density at radius 2 is 1.06 bits per heavy atom. The molecule has 4 atom stereocenters. The predicted molar refractivity (Wildman–Crippen MR) is 122 cm³/mol. The van der Waals surface area contributed by atoms with Crippen LogP contribution in [0, 0.1) is 0 Å². The van der Waals surface area contributed by atoms with Crippen molar-refractivity contribution in [2.75, 3.05) is 0 Å². The Bertz CT molecular complexity index is 1050. The van der Waals surface area contributed by atoms with Gasteiger partial charge >= 0.3 is 17.9 Å². The van der Waals surface area contributed by atoms with E-state index in [-0.39, 0.29) is 6.42 Å². The monoisotopic (exact) mass is 460 g/mol. The zero-order valence-corrected chi connectivity index (χ0v) is 18.5. The third kappa shape index (κ3) is 5.68. The predicted octanol–water partition coefficient (Wildman–Crippen LogP) is 4.43. The average molecular weight is 460 g/mol. The molecule has 0 spiro atoms. The van der Waals surface area contributed by atoms with Crippen molar-refractivity contribution in [1.82, 2.24) is 0 Å². The van der Waals surface area contributed by atoms with Crippen LogP contribution in [0.3, 0.4) is 0 Å². The standard InChI is InChI=1S/C27H24O7/c1-18-17-22(32-24(28)19-11-5-2-6-12-19)23(33-25(29)20-13-7-3-8-14-20)27(31-18)34-26(30)21-15-9-4-10-16-21/h2-16,18,22-23,27H,17H2,1H3. The first kappa shape index (κ1) is 23.2. The minimum atomic E-state index is -1.27. The maximum absolute atomic E-state index is 12.8. The molecule has 7 nitrogen and oxygen atoms in total. The van der Waals surface area contributed by atoms with Gasteiger partial charge in [0.15, 0.2) is 0 Å². The van der Waals surface area contributed by atoms with E-state index in [1.807, 2.05) is 0 Å². The summed E-state index contributed by atoms with van der Waals surface area (Å²) < 4.78 is 22.9. The molecule has 1 saturated heterocycles. The molecule has 1 aliphatic rings. The molecule has 0 aliphatic carbocycles. The Morgan fingerprint density at radius 1 is 0.647 bits per heavy atom. The van der Waals surface area contributed by atoms with Crippen LogP contribution < -0.4 is 0 Å². The van der Waals surface area contributed by atoms with E-state index >= 15 is 0 Å². The first-order chi connectivity index (χ1) is 16.5. The van der Waals surface area contributed by atoms with Crippen LogP contribution in [0.15, 0.2) is 91.0 Å². The third-order valence-electron chi connectivity index (χ3n) is 5.32. The molecule has 0 N–H and O–H groups in total. The zero-order valence-electron chi connectivity index (χ0n) is 18.5. The first-order valence-corrected chi connectivity index (χ1v) is 10.9. The largest absolute Gasteiger partial charge is 0.454 e. The van der Waals surface area contributed by atoms with Crippen LogP contribution in [-0.4, -0.2) is 42.5 Å². The quantitative estimate of drug-likeness (QED) is 0.397. The number of carbonyl (C=O) groups is 3. The highest BCUT2D eigenvalue weighted by Crippen LogP contribution is 2.28. The molecule has 174 valence electrons. The SMILES string of the molecule is CC1CC(OC(=O)c2ccccc2)C(OC(=O)c2ccccc2)C(OC(=O)c2ccccc2)O1. The lowest BCUT2D eigenvalue weighted by molar-refractivity contribution is -0.241. The molecule has 0 bridgehead atoms. The second-order valence-electron chi connectivity index (χ2n) is 7.87. The fourth-order valence-corrected chi connectivity index (χ4v) is 3.63. The Morgan fingerprint density at radius 3 is 1.53 bits per heavy atom. The average Bonchev–Trinajstić information content (AvgIpc) is 2.87. The summed E-state index contributed by atoms with van der Waals surface area (Å²) >= 11 is 0. The van der Waals surface area contributed by atoms with E-state index in [2.05, 4.69) is 0 Å². The number of benzene rings is 3. The summed E-state index contributed by atoms with van der Waals surface area (Å²) in [5.74, 6) is -1.87. The molecular formula is C27H24O7. The Labute approximate surface area is 197 Å². The van der Waals surface area contributed by atoms with Crippen molar-refractivity contribution in [2.24, 2.45) is 0 Å². The summed E-state index contributed by atoms with van der Waals surface area (Å²) in [6.07, 6.45) is -3.49. The van der Waals surface area contributed by atoms with Gasteiger partial charge in [-0.2, -0.15) is 0 Å². The fourth-order valence-electron chi connectivity index (χ4n) is 3.63. The topological polar surface area (TPSA) is 88.1 Å². The molecule has 0 aromatic heterocycles. The molecule has 0 amide bonds. The van der Waals surface area contributed by atoms with Gasteiger partial charge in [-0.15, -0.1) is 0 Å². The lowest BCUT2D eigenvalue weighted by Crippen LogP contribution is -2.53. The summed E-state index contributed by atoms with van der Waals surface area (Å²) in [5, 5.41) is 0. The normalized spacial score (nSPS) is 21.8. The van der Waals surface area contributed by atoms with E-state index in [4.69, 9.17) is 18.9 Å². The fraction of sp³-hybridized carbons (Fsp3) is 0.222. The summed E-state index contributed by atoms with van der Waals surface area (Å²) in [5.41, 5.74) is 0.977. The number of hydrogen-bond donors (Lipinski definition) is 0. The lowest BCUT2D eigenvalue weighted by atomic mass is 10.0. The van der Waals surface area contributed by atoms with Gasteiger partial charge in [0.2, 0.25) is 12.4 Å². The minimum absolute atomic E-state index is 0.255. The summed E-state index contributed by atoms with van der Waals surface area (Å²) in [6, 6.07) is 25.3. The van der Waals surface area contributed by atoms with Crippen LogP contribution in [-0.2, 0) is 18.9 Å². The van der Waals surface area contributed by atoms with Gasteiger partial charge in [-0.1, -0.05) is 54.6 Å². The van der Waals surface area contributed by atoms with Gasteiger partial charge in [0.05, 0.1) is 22.8 Å². The Kier molecular flexibility index (Phi) is 7.34. The van der Waals surface area contributed by atoms with Crippen molar-refractivity contribution in [3.05, 3.63) is 108 Å². The maximum atomic E-state index is 12.8. The molecule has 1 aliphatic heterocycles. The molecule has 1 fully saturated rings. The molecule has 4 rings (SSSR count). The van der Waals surface area contributed by atoms with Gasteiger partial charge in [-0.25, -0.2) is 14.4 Å². The smallest absolute Gasteiger partial charge is 0.340 e. The molecule has 34 heavy (non-hydrogen) atoms. The second kappa shape index (κ2) is 10.8. The van der Waals surface area contributed by atoms with Crippen LogP contribution in [0.1, 0.15) is 44.4 Å². The highest BCUT2D eigenvalue weighted by molar-refractivity contribution is 5.91. The van der Waals surface area contributed by atoms with Crippen molar-refractivity contribution in [1.29, 1.82) is 0 Å². The van der Waals surface area contributed by atoms with Gasteiger partial charge in [0.25, 0.3) is 0 Å². The highest BCUT2D eigenvalue weighted by atomic mass is 16.7. The Balaban J connectivity index is 1.58. The molecule has 0 radical (unpaired) electrons. The molecule has 1 heterocycles. The van der Waals surface area contributed by atoms with Crippen LogP contribution >= 0.6 is 0 Å². The maximum Gasteiger partial charge on any atom is 0.340 e. The number of ether oxygens (including phenoxy) is 4. The molecule has 4 unspecified atom stereocenters. The number of rotatable bonds is 6. The molecule has 0 saturated carbocycles. The van der Waals surface area contributed by atoms with Crippen molar-refractivity contribution < 1.29 is 33.3 Å². The lowest BCUT2D eigenvalue weighted by Gasteiger charge is -2.38. The molecule has 3 aromatic carbocycles. The van der Waals surface area contributed by atoms with Gasteiger partial charge in [-0.05, 0) is 43.3 Å². The molecule has 7 heteroatoms. The first-order valence-electron chi connectivity index (χ1n) is 10.9. The third-order valence-corrected chi connectivity index (χ3v) is 5.32. The highest BCUT2D eigenvalue weighted by Gasteiger charge is 2.45. The van der Waals surface area contributed by atoms with E-state index in [1.165, 1.54) is 0 Å². The minimum Gasteiger partial charge on any atom is -0.454 e. The molecular weight excluding hydrogens is 436 g/mol. The van der Waals surface area contributed by atoms with Crippen LogP contribution in [0.25, 0.3) is 0 Å². The Hall–Kier alpha value is -3.97. The van der Waals surface area contributed by atoms with E-state index < -0.39 is 42.5 Å². The van der Waals surface area contributed by atoms with E-state index in [1.54, 1.807) is 97.9 Å². The van der Waals surface area contributed by atoms with Gasteiger partial charge in [0, 0.05) is 6.42 Å². The van der Waals surface area contributed by atoms with Crippen LogP contribution in [0.2, 0.25) is 0 Å². The number of carbonyl (C=O) groups excluding carboxylic acids is 3. The van der Waals surface area contributed by atoms with E-state index in [0.717, 1.165) is 0 Å².